The molecule has 7 N–H and O–H groups in total. The number of rotatable bonds is 14. The van der Waals surface area contributed by atoms with Crippen LogP contribution in [0.15, 0.2) is 0 Å². The molecule has 0 spiro atoms. The minimum atomic E-state index is -1.32. The van der Waals surface area contributed by atoms with Crippen LogP contribution in [0.2, 0.25) is 0 Å². The maximum Gasteiger partial charge on any atom is 0.326 e. The van der Waals surface area contributed by atoms with Crippen molar-refractivity contribution in [2.24, 2.45) is 11.7 Å². The van der Waals surface area contributed by atoms with Crippen LogP contribution in [0, 0.1) is 5.92 Å². The first-order chi connectivity index (χ1) is 13.9. The van der Waals surface area contributed by atoms with Gasteiger partial charge in [0.05, 0.1) is 12.5 Å². The summed E-state index contributed by atoms with van der Waals surface area (Å²) in [4.78, 5) is 59.0. The largest absolute Gasteiger partial charge is 0.481 e. The summed E-state index contributed by atoms with van der Waals surface area (Å²) in [5, 5.41) is 25.3. The third-order valence-electron chi connectivity index (χ3n) is 4.50. The zero-order valence-electron chi connectivity index (χ0n) is 17.6. The summed E-state index contributed by atoms with van der Waals surface area (Å²) in [6.07, 6.45) is 2.03. The molecule has 0 aliphatic carbocycles. The first-order valence-corrected chi connectivity index (χ1v) is 10.9. The van der Waals surface area contributed by atoms with E-state index in [1.165, 1.54) is 18.7 Å². The van der Waals surface area contributed by atoms with Gasteiger partial charge in [-0.1, -0.05) is 20.3 Å². The fourth-order valence-electron chi connectivity index (χ4n) is 2.40. The van der Waals surface area contributed by atoms with Crippen molar-refractivity contribution in [2.75, 3.05) is 12.0 Å². The Balaban J connectivity index is 5.11. The number of hydrogen-bond acceptors (Lipinski definition) is 7. The second-order valence-electron chi connectivity index (χ2n) is 6.99. The fraction of sp³-hybridized carbons (Fsp3) is 0.722. The minimum absolute atomic E-state index is 0.255. The highest BCUT2D eigenvalue weighted by Gasteiger charge is 2.30. The van der Waals surface area contributed by atoms with E-state index in [4.69, 9.17) is 10.8 Å². The van der Waals surface area contributed by atoms with Gasteiger partial charge in [-0.3, -0.25) is 19.2 Å². The van der Waals surface area contributed by atoms with Gasteiger partial charge in [0.2, 0.25) is 17.7 Å². The highest BCUT2D eigenvalue weighted by molar-refractivity contribution is 7.98. The van der Waals surface area contributed by atoms with E-state index in [1.807, 2.05) is 6.26 Å². The number of thioether (sulfide) groups is 1. The molecule has 30 heavy (non-hydrogen) atoms. The predicted molar refractivity (Wildman–Crippen MR) is 112 cm³/mol. The molecule has 5 atom stereocenters. The van der Waals surface area contributed by atoms with E-state index in [9.17, 15) is 29.1 Å². The van der Waals surface area contributed by atoms with Crippen LogP contribution >= 0.6 is 11.8 Å². The summed E-state index contributed by atoms with van der Waals surface area (Å²) in [5.74, 6) is -4.32. The van der Waals surface area contributed by atoms with E-state index in [0.29, 0.717) is 12.2 Å². The molecule has 11 nitrogen and oxygen atoms in total. The Labute approximate surface area is 179 Å². The van der Waals surface area contributed by atoms with Crippen LogP contribution in [0.25, 0.3) is 0 Å². The quantitative estimate of drug-likeness (QED) is 0.197. The number of nitrogens with two attached hydrogens (primary N) is 1. The highest BCUT2D eigenvalue weighted by atomic mass is 32.2. The van der Waals surface area contributed by atoms with Gasteiger partial charge >= 0.3 is 11.9 Å². The van der Waals surface area contributed by atoms with Crippen LogP contribution < -0.4 is 21.7 Å². The smallest absolute Gasteiger partial charge is 0.326 e. The molecular formula is C18H32N4O7S. The molecular weight excluding hydrogens is 416 g/mol. The number of carboxylic acids is 2. The van der Waals surface area contributed by atoms with Crippen LogP contribution in [0.3, 0.4) is 0 Å². The molecule has 0 aliphatic heterocycles. The van der Waals surface area contributed by atoms with Gasteiger partial charge in [0.25, 0.3) is 0 Å². The molecule has 0 fully saturated rings. The van der Waals surface area contributed by atoms with Gasteiger partial charge in [-0.25, -0.2) is 4.79 Å². The molecule has 0 bridgehead atoms. The third-order valence-corrected chi connectivity index (χ3v) is 5.15. The average molecular weight is 449 g/mol. The van der Waals surface area contributed by atoms with E-state index in [0.717, 1.165) is 0 Å². The Morgan fingerprint density at radius 1 is 0.967 bits per heavy atom. The monoisotopic (exact) mass is 448 g/mol. The zero-order valence-corrected chi connectivity index (χ0v) is 18.5. The number of carbonyl (C=O) groups is 5. The van der Waals surface area contributed by atoms with Crippen molar-refractivity contribution in [3.63, 3.8) is 0 Å². The normalized spacial score (nSPS) is 15.8. The van der Waals surface area contributed by atoms with Crippen LogP contribution in [0.1, 0.15) is 40.0 Å². The predicted octanol–water partition coefficient (Wildman–Crippen LogP) is -0.853. The van der Waals surface area contributed by atoms with Crippen LogP contribution in [0.5, 0.6) is 0 Å². The summed E-state index contributed by atoms with van der Waals surface area (Å²) < 4.78 is 0. The lowest BCUT2D eigenvalue weighted by atomic mass is 9.98. The van der Waals surface area contributed by atoms with E-state index < -0.39 is 60.2 Å². The number of aliphatic carboxylic acids is 2. The van der Waals surface area contributed by atoms with Gasteiger partial charge in [-0.2, -0.15) is 11.8 Å². The van der Waals surface area contributed by atoms with Gasteiger partial charge in [-0.05, 0) is 31.3 Å². The van der Waals surface area contributed by atoms with Crippen molar-refractivity contribution < 1.29 is 34.2 Å². The SMILES string of the molecule is CCC(C)C(NC(=O)C(CCSC)NC(=O)C(C)NC(=O)C(N)CC(=O)O)C(=O)O. The van der Waals surface area contributed by atoms with Crippen molar-refractivity contribution in [2.45, 2.75) is 64.2 Å². The van der Waals surface area contributed by atoms with Crippen molar-refractivity contribution in [3.05, 3.63) is 0 Å². The van der Waals surface area contributed by atoms with E-state index in [-0.39, 0.29) is 12.3 Å². The molecule has 0 heterocycles. The number of nitrogens with one attached hydrogen (secondary N) is 3. The molecule has 0 aromatic carbocycles. The second-order valence-corrected chi connectivity index (χ2v) is 7.97. The first-order valence-electron chi connectivity index (χ1n) is 9.54. The van der Waals surface area contributed by atoms with Gasteiger partial charge < -0.3 is 31.9 Å². The van der Waals surface area contributed by atoms with Crippen molar-refractivity contribution in [1.29, 1.82) is 0 Å². The standard InChI is InChI=1S/C18H32N4O7S/c1-5-9(2)14(18(28)29)22-17(27)12(6-7-30-4)21-15(25)10(3)20-16(26)11(19)8-13(23)24/h9-12,14H,5-8,19H2,1-4H3,(H,20,26)(H,21,25)(H,22,27)(H,23,24)(H,28,29). The summed E-state index contributed by atoms with van der Waals surface area (Å²) in [6, 6.07) is -4.49. The van der Waals surface area contributed by atoms with E-state index in [1.54, 1.807) is 13.8 Å². The Morgan fingerprint density at radius 3 is 2.03 bits per heavy atom. The maximum absolute atomic E-state index is 12.6. The minimum Gasteiger partial charge on any atom is -0.481 e. The molecule has 0 radical (unpaired) electrons. The van der Waals surface area contributed by atoms with Gasteiger partial charge in [0.1, 0.15) is 18.1 Å². The summed E-state index contributed by atoms with van der Waals surface area (Å²) in [5.41, 5.74) is 5.46. The van der Waals surface area contributed by atoms with Crippen molar-refractivity contribution in [3.8, 4) is 0 Å². The van der Waals surface area contributed by atoms with E-state index >= 15 is 0 Å². The maximum atomic E-state index is 12.6. The number of carboxylic acid groups (broad SMARTS) is 2. The molecule has 172 valence electrons. The van der Waals surface area contributed by atoms with Crippen LogP contribution in [-0.4, -0.2) is 76.0 Å². The molecule has 0 aromatic rings. The molecule has 12 heteroatoms. The molecule has 0 aliphatic rings. The molecule has 5 unspecified atom stereocenters. The second kappa shape index (κ2) is 13.8. The number of amides is 3. The van der Waals surface area contributed by atoms with Gasteiger partial charge in [0.15, 0.2) is 0 Å². The Morgan fingerprint density at radius 2 is 1.57 bits per heavy atom. The third kappa shape index (κ3) is 9.92. The summed E-state index contributed by atoms with van der Waals surface area (Å²) in [7, 11) is 0. The topological polar surface area (TPSA) is 188 Å². The first kappa shape index (κ1) is 27.7. The van der Waals surface area contributed by atoms with Crippen LogP contribution in [-0.2, 0) is 24.0 Å². The molecule has 0 aromatic heterocycles. The van der Waals surface area contributed by atoms with Gasteiger partial charge in [0, 0.05) is 0 Å². The lowest BCUT2D eigenvalue weighted by Crippen LogP contribution is -2.57. The van der Waals surface area contributed by atoms with Crippen LogP contribution in [0.4, 0.5) is 0 Å². The van der Waals surface area contributed by atoms with Crippen molar-refractivity contribution in [1.82, 2.24) is 16.0 Å². The highest BCUT2D eigenvalue weighted by Crippen LogP contribution is 2.09. The number of carbonyl (C=O) groups excluding carboxylic acids is 3. The molecule has 3 amide bonds. The lowest BCUT2D eigenvalue weighted by Gasteiger charge is -2.25. The van der Waals surface area contributed by atoms with Gasteiger partial charge in [-0.15, -0.1) is 0 Å². The number of hydrogen-bond donors (Lipinski definition) is 6. The molecule has 0 saturated carbocycles. The molecule has 0 saturated heterocycles. The summed E-state index contributed by atoms with van der Waals surface area (Å²) in [6.45, 7) is 4.87. The lowest BCUT2D eigenvalue weighted by molar-refractivity contribution is -0.143. The fourth-order valence-corrected chi connectivity index (χ4v) is 2.88. The van der Waals surface area contributed by atoms with E-state index in [2.05, 4.69) is 16.0 Å². The summed E-state index contributed by atoms with van der Waals surface area (Å²) >= 11 is 1.45. The Hall–Kier alpha value is -2.34. The average Bonchev–Trinajstić information content (AvgIpc) is 2.67. The Bertz CT molecular complexity index is 632. The zero-order chi connectivity index (χ0) is 23.4. The molecule has 0 rings (SSSR count). The Kier molecular flexibility index (Phi) is 12.7. The van der Waals surface area contributed by atoms with Crippen molar-refractivity contribution >= 4 is 41.4 Å².